The van der Waals surface area contributed by atoms with E-state index in [1.54, 1.807) is 0 Å². The zero-order chi connectivity index (χ0) is 13.8. The number of aromatic hydroxyl groups is 1. The molecule has 19 heavy (non-hydrogen) atoms. The Morgan fingerprint density at radius 2 is 2.05 bits per heavy atom. The highest BCUT2D eigenvalue weighted by Gasteiger charge is 2.18. The monoisotopic (exact) mass is 283 g/mol. The van der Waals surface area contributed by atoms with Gasteiger partial charge >= 0.3 is 5.69 Å². The summed E-state index contributed by atoms with van der Waals surface area (Å²) in [5.74, 6) is -0.407. The molecule has 1 aromatic carbocycles. The molecule has 2 rings (SSSR count). The normalized spacial score (nSPS) is 15.9. The first-order chi connectivity index (χ1) is 9.08. The molecule has 7 heteroatoms. The van der Waals surface area contributed by atoms with E-state index in [-0.39, 0.29) is 10.6 Å². The summed E-state index contributed by atoms with van der Waals surface area (Å²) in [5, 5.41) is 26.9. The van der Waals surface area contributed by atoms with Crippen molar-refractivity contribution in [1.82, 2.24) is 5.01 Å². The van der Waals surface area contributed by atoms with E-state index >= 15 is 0 Å². The highest BCUT2D eigenvalue weighted by molar-refractivity contribution is 6.31. The van der Waals surface area contributed by atoms with Crippen molar-refractivity contribution in [3.8, 4) is 5.75 Å². The average Bonchev–Trinajstić information content (AvgIpc) is 2.40. The number of halogens is 1. The summed E-state index contributed by atoms with van der Waals surface area (Å²) in [7, 11) is 0. The van der Waals surface area contributed by atoms with Gasteiger partial charge in [-0.2, -0.15) is 5.10 Å². The molecule has 0 aromatic heterocycles. The van der Waals surface area contributed by atoms with Crippen LogP contribution in [0, 0.1) is 10.1 Å². The molecule has 0 spiro atoms. The Morgan fingerprint density at radius 1 is 1.37 bits per heavy atom. The molecule has 1 fully saturated rings. The van der Waals surface area contributed by atoms with Gasteiger partial charge in [0, 0.05) is 29.7 Å². The molecule has 1 heterocycles. The summed E-state index contributed by atoms with van der Waals surface area (Å²) >= 11 is 5.80. The van der Waals surface area contributed by atoms with Gasteiger partial charge in [0.15, 0.2) is 0 Å². The highest BCUT2D eigenvalue weighted by Crippen LogP contribution is 2.32. The van der Waals surface area contributed by atoms with Crippen LogP contribution in [-0.2, 0) is 0 Å². The zero-order valence-electron chi connectivity index (χ0n) is 10.3. The standard InChI is InChI=1S/C12H14ClN3O3/c13-10-6-9(12(17)11(7-10)16(18)19)8-14-15-4-2-1-3-5-15/h6-8,17H,1-5H2/b14-8+. The number of hydrazone groups is 1. The zero-order valence-corrected chi connectivity index (χ0v) is 11.0. The van der Waals surface area contributed by atoms with Crippen molar-refractivity contribution in [2.75, 3.05) is 13.1 Å². The Kier molecular flexibility index (Phi) is 4.21. The molecule has 6 nitrogen and oxygen atoms in total. The molecular formula is C12H14ClN3O3. The maximum Gasteiger partial charge on any atom is 0.312 e. The largest absolute Gasteiger partial charge is 0.502 e. The van der Waals surface area contributed by atoms with Crippen molar-refractivity contribution in [2.45, 2.75) is 19.3 Å². The lowest BCUT2D eigenvalue weighted by molar-refractivity contribution is -0.385. The summed E-state index contributed by atoms with van der Waals surface area (Å²) in [6.07, 6.45) is 4.78. The van der Waals surface area contributed by atoms with E-state index < -0.39 is 16.4 Å². The maximum atomic E-state index is 10.8. The number of rotatable bonds is 3. The Bertz CT molecular complexity index is 513. The summed E-state index contributed by atoms with van der Waals surface area (Å²) in [4.78, 5) is 10.1. The topological polar surface area (TPSA) is 79.0 Å². The van der Waals surface area contributed by atoms with Crippen LogP contribution in [0.3, 0.4) is 0 Å². The van der Waals surface area contributed by atoms with Crippen LogP contribution in [0.4, 0.5) is 5.69 Å². The Balaban J connectivity index is 2.24. The molecule has 0 saturated carbocycles. The number of hydrogen-bond acceptors (Lipinski definition) is 5. The summed E-state index contributed by atoms with van der Waals surface area (Å²) in [5.41, 5.74) is -0.155. The molecule has 0 unspecified atom stereocenters. The quantitative estimate of drug-likeness (QED) is 0.525. The lowest BCUT2D eigenvalue weighted by atomic mass is 10.1. The molecule has 0 radical (unpaired) electrons. The average molecular weight is 284 g/mol. The van der Waals surface area contributed by atoms with E-state index in [1.807, 2.05) is 5.01 Å². The van der Waals surface area contributed by atoms with E-state index in [2.05, 4.69) is 5.10 Å². The molecule has 1 saturated heterocycles. The number of piperidine rings is 1. The van der Waals surface area contributed by atoms with Crippen LogP contribution in [-0.4, -0.2) is 34.3 Å². The van der Waals surface area contributed by atoms with Crippen LogP contribution in [0.15, 0.2) is 17.2 Å². The van der Waals surface area contributed by atoms with Gasteiger partial charge in [0.25, 0.3) is 0 Å². The number of phenols is 1. The minimum atomic E-state index is -0.667. The lowest BCUT2D eigenvalue weighted by Crippen LogP contribution is -2.24. The molecule has 0 aliphatic carbocycles. The number of benzene rings is 1. The van der Waals surface area contributed by atoms with Crippen LogP contribution in [0.2, 0.25) is 5.02 Å². The van der Waals surface area contributed by atoms with Crippen LogP contribution in [0.25, 0.3) is 0 Å². The van der Waals surface area contributed by atoms with Crippen molar-refractivity contribution < 1.29 is 10.0 Å². The molecule has 0 atom stereocenters. The van der Waals surface area contributed by atoms with Crippen molar-refractivity contribution >= 4 is 23.5 Å². The molecular weight excluding hydrogens is 270 g/mol. The summed E-state index contributed by atoms with van der Waals surface area (Å²) in [6, 6.07) is 2.58. The maximum absolute atomic E-state index is 10.8. The molecule has 0 amide bonds. The summed E-state index contributed by atoms with van der Waals surface area (Å²) < 4.78 is 0. The third kappa shape index (κ3) is 3.35. The van der Waals surface area contributed by atoms with Crippen molar-refractivity contribution in [3.05, 3.63) is 32.8 Å². The van der Waals surface area contributed by atoms with Crippen LogP contribution < -0.4 is 0 Å². The van der Waals surface area contributed by atoms with Crippen molar-refractivity contribution in [1.29, 1.82) is 0 Å². The first-order valence-electron chi connectivity index (χ1n) is 6.04. The van der Waals surface area contributed by atoms with Gasteiger partial charge in [0.1, 0.15) is 0 Å². The van der Waals surface area contributed by atoms with E-state index in [9.17, 15) is 15.2 Å². The van der Waals surface area contributed by atoms with Gasteiger partial charge in [-0.3, -0.25) is 15.1 Å². The smallest absolute Gasteiger partial charge is 0.312 e. The number of phenolic OH excluding ortho intramolecular Hbond substituents is 1. The highest BCUT2D eigenvalue weighted by atomic mass is 35.5. The second kappa shape index (κ2) is 5.88. The van der Waals surface area contributed by atoms with Crippen LogP contribution in [0.1, 0.15) is 24.8 Å². The van der Waals surface area contributed by atoms with E-state index in [1.165, 1.54) is 18.7 Å². The van der Waals surface area contributed by atoms with Crippen LogP contribution in [0.5, 0.6) is 5.75 Å². The van der Waals surface area contributed by atoms with Crippen molar-refractivity contribution in [2.24, 2.45) is 5.10 Å². The molecule has 0 bridgehead atoms. The fourth-order valence-electron chi connectivity index (χ4n) is 1.98. The lowest BCUT2D eigenvalue weighted by Gasteiger charge is -2.23. The second-order valence-corrected chi connectivity index (χ2v) is 4.82. The van der Waals surface area contributed by atoms with E-state index in [4.69, 9.17) is 11.6 Å². The number of nitrogens with zero attached hydrogens (tertiary/aromatic N) is 3. The second-order valence-electron chi connectivity index (χ2n) is 4.38. The fourth-order valence-corrected chi connectivity index (χ4v) is 2.20. The Hall–Kier alpha value is -1.82. The van der Waals surface area contributed by atoms with Gasteiger partial charge < -0.3 is 5.11 Å². The third-order valence-corrected chi connectivity index (χ3v) is 3.19. The van der Waals surface area contributed by atoms with Gasteiger partial charge in [-0.1, -0.05) is 11.6 Å². The molecule has 102 valence electrons. The SMILES string of the molecule is O=[N+]([O-])c1cc(Cl)cc(/C=N/N2CCCCC2)c1O. The van der Waals surface area contributed by atoms with Gasteiger partial charge in [-0.25, -0.2) is 0 Å². The van der Waals surface area contributed by atoms with Gasteiger partial charge in [0.2, 0.25) is 5.75 Å². The first-order valence-corrected chi connectivity index (χ1v) is 6.41. The molecule has 1 N–H and O–H groups in total. The number of nitro groups is 1. The molecule has 1 aromatic rings. The number of nitro benzene ring substituents is 1. The van der Waals surface area contributed by atoms with Gasteiger partial charge in [-0.15, -0.1) is 0 Å². The van der Waals surface area contributed by atoms with Crippen LogP contribution >= 0.6 is 11.6 Å². The molecule has 1 aliphatic rings. The minimum absolute atomic E-state index is 0.199. The van der Waals surface area contributed by atoms with E-state index in [0.29, 0.717) is 0 Å². The Morgan fingerprint density at radius 3 is 2.68 bits per heavy atom. The first kappa shape index (κ1) is 13.6. The third-order valence-electron chi connectivity index (χ3n) is 2.97. The predicted molar refractivity (Wildman–Crippen MR) is 72.8 cm³/mol. The predicted octanol–water partition coefficient (Wildman–Crippen LogP) is 2.77. The minimum Gasteiger partial charge on any atom is -0.502 e. The number of hydrogen-bond donors (Lipinski definition) is 1. The van der Waals surface area contributed by atoms with Gasteiger partial charge in [-0.05, 0) is 25.3 Å². The Labute approximate surface area is 115 Å². The van der Waals surface area contributed by atoms with Gasteiger partial charge in [0.05, 0.1) is 11.1 Å². The molecule has 1 aliphatic heterocycles. The van der Waals surface area contributed by atoms with E-state index in [0.717, 1.165) is 32.0 Å². The van der Waals surface area contributed by atoms with Crippen molar-refractivity contribution in [3.63, 3.8) is 0 Å². The summed E-state index contributed by atoms with van der Waals surface area (Å²) in [6.45, 7) is 1.72. The fraction of sp³-hybridized carbons (Fsp3) is 0.417.